The first-order chi connectivity index (χ1) is 14.6. The van der Waals surface area contributed by atoms with Crippen molar-refractivity contribution >= 4 is 28.0 Å². The van der Waals surface area contributed by atoms with Crippen LogP contribution in [0.3, 0.4) is 0 Å². The van der Waals surface area contributed by atoms with Gasteiger partial charge in [-0.1, -0.05) is 30.0 Å². The minimum atomic E-state index is 0.0302. The fraction of sp³-hybridized carbons (Fsp3) is 0.0435. The molecule has 7 heteroatoms. The van der Waals surface area contributed by atoms with Crippen molar-refractivity contribution in [2.75, 3.05) is 0 Å². The van der Waals surface area contributed by atoms with Crippen molar-refractivity contribution in [3.8, 4) is 11.8 Å². The lowest BCUT2D eigenvalue weighted by molar-refractivity contribution is 0.958. The number of nitrogens with zero attached hydrogens (tertiary/aromatic N) is 3. The van der Waals surface area contributed by atoms with Gasteiger partial charge in [-0.05, 0) is 36.4 Å². The van der Waals surface area contributed by atoms with Gasteiger partial charge in [-0.2, -0.15) is 0 Å². The Morgan fingerprint density at radius 2 is 1.67 bits per heavy atom. The van der Waals surface area contributed by atoms with E-state index < -0.39 is 0 Å². The Bertz CT molecular complexity index is 1450. The van der Waals surface area contributed by atoms with Gasteiger partial charge in [-0.25, -0.2) is 15.0 Å². The summed E-state index contributed by atoms with van der Waals surface area (Å²) in [5, 5.41) is 7.57. The summed E-state index contributed by atoms with van der Waals surface area (Å²) in [6.07, 6.45) is 2.23. The quantitative estimate of drug-likeness (QED) is 0.214. The van der Waals surface area contributed by atoms with E-state index in [4.69, 9.17) is 11.1 Å². The first kappa shape index (κ1) is 17.6. The number of imidazole rings is 2. The lowest BCUT2D eigenvalue weighted by atomic mass is 10.2. The van der Waals surface area contributed by atoms with E-state index in [9.17, 15) is 0 Å². The van der Waals surface area contributed by atoms with Crippen LogP contribution in [0.15, 0.2) is 60.8 Å². The molecule has 7 nitrogen and oxygen atoms in total. The predicted molar refractivity (Wildman–Crippen MR) is 116 cm³/mol. The van der Waals surface area contributed by atoms with Crippen LogP contribution in [0.4, 0.5) is 0 Å². The summed E-state index contributed by atoms with van der Waals surface area (Å²) >= 11 is 0. The van der Waals surface area contributed by atoms with Gasteiger partial charge in [0.15, 0.2) is 5.65 Å². The van der Waals surface area contributed by atoms with Crippen LogP contribution in [0.5, 0.6) is 0 Å². The fourth-order valence-electron chi connectivity index (χ4n) is 3.24. The Morgan fingerprint density at radius 1 is 0.900 bits per heavy atom. The zero-order valence-electron chi connectivity index (χ0n) is 15.9. The first-order valence-electron chi connectivity index (χ1n) is 9.39. The molecule has 2 aromatic carbocycles. The number of H-pyrrole nitrogens is 2. The standard InChI is InChI=1S/C23H17N7/c24-22(25)16-8-9-17-18(11-16)28-20(27-17)12-21-29-19-10-15(13-26-23(19)30-21)7-6-14-4-2-1-3-5-14/h1-5,8-11,13H,12H2,(H3,24,25)(H,27,28)(H,26,29,30). The normalized spacial score (nSPS) is 10.8. The topological polar surface area (TPSA) is 120 Å². The highest BCUT2D eigenvalue weighted by atomic mass is 15.0. The third kappa shape index (κ3) is 3.50. The number of fused-ring (bicyclic) bond motifs is 2. The Hall–Kier alpha value is -4.44. The van der Waals surface area contributed by atoms with Crippen LogP contribution < -0.4 is 5.73 Å². The van der Waals surface area contributed by atoms with Crippen molar-refractivity contribution in [1.82, 2.24) is 24.9 Å². The highest BCUT2D eigenvalue weighted by molar-refractivity contribution is 5.97. The second kappa shape index (κ2) is 7.18. The van der Waals surface area contributed by atoms with Crippen LogP contribution in [0.1, 0.15) is 28.3 Å². The molecule has 0 spiro atoms. The number of pyridine rings is 1. The molecule has 0 atom stereocenters. The number of rotatable bonds is 3. The number of nitrogens with one attached hydrogen (secondary N) is 3. The number of nitrogen functional groups attached to an aromatic ring is 1. The van der Waals surface area contributed by atoms with Crippen LogP contribution in [0.2, 0.25) is 0 Å². The predicted octanol–water partition coefficient (Wildman–Crippen LogP) is 3.11. The number of hydrogen-bond acceptors (Lipinski definition) is 4. The molecule has 0 aliphatic carbocycles. The molecule has 0 fully saturated rings. The fourth-order valence-corrected chi connectivity index (χ4v) is 3.24. The molecule has 0 amide bonds. The molecule has 5 aromatic rings. The van der Waals surface area contributed by atoms with Crippen molar-refractivity contribution in [2.24, 2.45) is 5.73 Å². The van der Waals surface area contributed by atoms with Crippen molar-refractivity contribution in [2.45, 2.75) is 6.42 Å². The molecule has 0 radical (unpaired) electrons. The summed E-state index contributed by atoms with van der Waals surface area (Å²) in [5.41, 5.74) is 11.1. The third-order valence-corrected chi connectivity index (χ3v) is 4.69. The molecular formula is C23H17N7. The number of benzene rings is 2. The summed E-state index contributed by atoms with van der Waals surface area (Å²) in [4.78, 5) is 20.1. The van der Waals surface area contributed by atoms with E-state index in [0.717, 1.165) is 39.3 Å². The minimum absolute atomic E-state index is 0.0302. The number of aromatic amines is 2. The van der Waals surface area contributed by atoms with Crippen molar-refractivity contribution < 1.29 is 0 Å². The highest BCUT2D eigenvalue weighted by Gasteiger charge is 2.10. The number of amidine groups is 1. The summed E-state index contributed by atoms with van der Waals surface area (Å²) in [5.74, 6) is 7.84. The maximum Gasteiger partial charge on any atom is 0.177 e. The van der Waals surface area contributed by atoms with E-state index in [1.54, 1.807) is 12.3 Å². The Labute approximate surface area is 171 Å². The van der Waals surface area contributed by atoms with Crippen LogP contribution in [-0.4, -0.2) is 30.8 Å². The Kier molecular flexibility index (Phi) is 4.23. The van der Waals surface area contributed by atoms with Gasteiger partial charge in [-0.15, -0.1) is 0 Å². The molecule has 5 N–H and O–H groups in total. The molecule has 3 aromatic heterocycles. The lowest BCUT2D eigenvalue weighted by Crippen LogP contribution is -2.10. The first-order valence-corrected chi connectivity index (χ1v) is 9.39. The van der Waals surface area contributed by atoms with Gasteiger partial charge >= 0.3 is 0 Å². The zero-order valence-corrected chi connectivity index (χ0v) is 15.9. The second-order valence-corrected chi connectivity index (χ2v) is 6.90. The van der Waals surface area contributed by atoms with E-state index >= 15 is 0 Å². The molecule has 30 heavy (non-hydrogen) atoms. The van der Waals surface area contributed by atoms with Gasteiger partial charge in [0, 0.05) is 22.9 Å². The molecule has 0 saturated heterocycles. The molecular weight excluding hydrogens is 374 g/mol. The van der Waals surface area contributed by atoms with Gasteiger partial charge < -0.3 is 15.7 Å². The smallest absolute Gasteiger partial charge is 0.177 e. The molecule has 0 aliphatic heterocycles. The summed E-state index contributed by atoms with van der Waals surface area (Å²) < 4.78 is 0. The molecule has 5 rings (SSSR count). The molecule has 0 unspecified atom stereocenters. The van der Waals surface area contributed by atoms with Crippen molar-refractivity contribution in [1.29, 1.82) is 5.41 Å². The maximum absolute atomic E-state index is 7.57. The van der Waals surface area contributed by atoms with Gasteiger partial charge in [0.2, 0.25) is 0 Å². The minimum Gasteiger partial charge on any atom is -0.384 e. The number of aromatic nitrogens is 5. The Morgan fingerprint density at radius 3 is 2.50 bits per heavy atom. The lowest BCUT2D eigenvalue weighted by Gasteiger charge is -1.96. The van der Waals surface area contributed by atoms with Gasteiger partial charge in [-0.3, -0.25) is 5.41 Å². The van der Waals surface area contributed by atoms with Crippen LogP contribution in [0, 0.1) is 17.3 Å². The zero-order chi connectivity index (χ0) is 20.5. The number of hydrogen-bond donors (Lipinski definition) is 4. The van der Waals surface area contributed by atoms with E-state index in [1.807, 2.05) is 48.5 Å². The molecule has 0 aliphatic rings. The van der Waals surface area contributed by atoms with Gasteiger partial charge in [0.1, 0.15) is 17.5 Å². The van der Waals surface area contributed by atoms with Crippen molar-refractivity contribution in [3.05, 3.63) is 89.1 Å². The second-order valence-electron chi connectivity index (χ2n) is 6.90. The molecule has 3 heterocycles. The average Bonchev–Trinajstić information content (AvgIpc) is 3.34. The highest BCUT2D eigenvalue weighted by Crippen LogP contribution is 2.17. The van der Waals surface area contributed by atoms with Gasteiger partial charge in [0.25, 0.3) is 0 Å². The van der Waals surface area contributed by atoms with E-state index in [2.05, 4.69) is 36.8 Å². The summed E-state index contributed by atoms with van der Waals surface area (Å²) in [6, 6.07) is 17.3. The van der Waals surface area contributed by atoms with Crippen molar-refractivity contribution in [3.63, 3.8) is 0 Å². The largest absolute Gasteiger partial charge is 0.384 e. The average molecular weight is 391 g/mol. The van der Waals surface area contributed by atoms with E-state index in [1.165, 1.54) is 0 Å². The maximum atomic E-state index is 7.57. The van der Waals surface area contributed by atoms with Crippen LogP contribution in [0.25, 0.3) is 22.2 Å². The van der Waals surface area contributed by atoms with Crippen LogP contribution >= 0.6 is 0 Å². The summed E-state index contributed by atoms with van der Waals surface area (Å²) in [7, 11) is 0. The SMILES string of the molecule is N=C(N)c1ccc2nc(Cc3nc4ncc(C#Cc5ccccc5)cc4[nH]3)[nH]c2c1. The van der Waals surface area contributed by atoms with Gasteiger partial charge in [0.05, 0.1) is 23.0 Å². The molecule has 0 bridgehead atoms. The number of nitrogens with two attached hydrogens (primary N) is 1. The molecule has 0 saturated carbocycles. The van der Waals surface area contributed by atoms with Crippen LogP contribution in [-0.2, 0) is 6.42 Å². The monoisotopic (exact) mass is 391 g/mol. The Balaban J connectivity index is 1.41. The summed E-state index contributed by atoms with van der Waals surface area (Å²) in [6.45, 7) is 0. The third-order valence-electron chi connectivity index (χ3n) is 4.69. The molecule has 144 valence electrons. The van der Waals surface area contributed by atoms with E-state index in [0.29, 0.717) is 17.6 Å². The van der Waals surface area contributed by atoms with E-state index in [-0.39, 0.29) is 5.84 Å².